The average Bonchev–Trinajstić information content (AvgIpc) is 2.74. The Morgan fingerprint density at radius 1 is 1.30 bits per heavy atom. The zero-order valence-corrected chi connectivity index (χ0v) is 11.5. The molecule has 0 bridgehead atoms. The average molecular weight is 325 g/mol. The van der Waals surface area contributed by atoms with Crippen LogP contribution in [0, 0.1) is 11.3 Å². The predicted molar refractivity (Wildman–Crippen MR) is 71.7 cm³/mol. The zero-order valence-electron chi connectivity index (χ0n) is 11.5. The van der Waals surface area contributed by atoms with Gasteiger partial charge in [0.15, 0.2) is 0 Å². The summed E-state index contributed by atoms with van der Waals surface area (Å²) in [5, 5.41) is 19.7. The van der Waals surface area contributed by atoms with Gasteiger partial charge in [-0.05, 0) is 18.2 Å². The van der Waals surface area contributed by atoms with Crippen molar-refractivity contribution >= 4 is 17.5 Å². The molecule has 0 aromatic heterocycles. The van der Waals surface area contributed by atoms with Gasteiger partial charge < -0.3 is 10.4 Å². The number of benzene rings is 1. The van der Waals surface area contributed by atoms with Crippen molar-refractivity contribution in [3.05, 3.63) is 41.1 Å². The van der Waals surface area contributed by atoms with Gasteiger partial charge in [0.1, 0.15) is 5.70 Å². The Morgan fingerprint density at radius 3 is 2.57 bits per heavy atom. The van der Waals surface area contributed by atoms with Crippen molar-refractivity contribution in [1.82, 2.24) is 4.90 Å². The minimum atomic E-state index is -4.74. The van der Waals surface area contributed by atoms with Gasteiger partial charge in [0.2, 0.25) is 0 Å². The fourth-order valence-corrected chi connectivity index (χ4v) is 2.01. The lowest BCUT2D eigenvalue weighted by Gasteiger charge is -2.16. The van der Waals surface area contributed by atoms with Crippen molar-refractivity contribution in [2.24, 2.45) is 0 Å². The van der Waals surface area contributed by atoms with Crippen molar-refractivity contribution in [2.75, 3.05) is 18.5 Å². The molecule has 0 saturated carbocycles. The monoisotopic (exact) mass is 325 g/mol. The van der Waals surface area contributed by atoms with E-state index >= 15 is 0 Å². The van der Waals surface area contributed by atoms with Crippen LogP contribution in [0.2, 0.25) is 0 Å². The topological polar surface area (TPSA) is 93.4 Å². The van der Waals surface area contributed by atoms with Crippen LogP contribution >= 0.6 is 0 Å². The molecular formula is C14H10F3N3O3. The molecule has 0 atom stereocenters. The van der Waals surface area contributed by atoms with Crippen LogP contribution in [0.15, 0.2) is 30.0 Å². The molecule has 1 aromatic rings. The third-order valence-electron chi connectivity index (χ3n) is 3.06. The van der Waals surface area contributed by atoms with E-state index in [1.807, 2.05) is 0 Å². The second kappa shape index (κ2) is 6.10. The summed E-state index contributed by atoms with van der Waals surface area (Å²) in [6, 6.07) is 4.42. The van der Waals surface area contributed by atoms with Gasteiger partial charge in [-0.1, -0.05) is 0 Å². The van der Waals surface area contributed by atoms with Gasteiger partial charge >= 0.3 is 6.18 Å². The number of alkyl halides is 3. The van der Waals surface area contributed by atoms with Crippen LogP contribution < -0.4 is 5.32 Å². The third kappa shape index (κ3) is 3.32. The number of carbonyl (C=O) groups is 2. The maximum Gasteiger partial charge on any atom is 0.418 e. The molecule has 0 radical (unpaired) electrons. The summed E-state index contributed by atoms with van der Waals surface area (Å²) >= 11 is 0. The first-order valence-corrected chi connectivity index (χ1v) is 6.34. The number of rotatable bonds is 4. The number of β-amino-alcohol motifs (C(OH)–C–C–N with tert-alkyl or cyclic N) is 1. The molecular weight excluding hydrogens is 315 g/mol. The molecule has 1 aliphatic heterocycles. The van der Waals surface area contributed by atoms with Crippen LogP contribution in [0.4, 0.5) is 18.9 Å². The van der Waals surface area contributed by atoms with E-state index in [1.165, 1.54) is 0 Å². The predicted octanol–water partition coefficient (Wildman–Crippen LogP) is 1.23. The van der Waals surface area contributed by atoms with Gasteiger partial charge in [-0.2, -0.15) is 18.4 Å². The van der Waals surface area contributed by atoms with E-state index in [4.69, 9.17) is 10.4 Å². The molecule has 6 nitrogen and oxygen atoms in total. The number of amides is 2. The first-order valence-electron chi connectivity index (χ1n) is 6.34. The lowest BCUT2D eigenvalue weighted by atomic mass is 10.1. The quantitative estimate of drug-likeness (QED) is 0.812. The second-order valence-electron chi connectivity index (χ2n) is 4.57. The standard InChI is InChI=1S/C14H10F3N3O3/c15-14(16,17)9-5-8(7-18)1-2-10(9)19-11-6-12(22)20(3-4-21)13(11)23/h1-2,5-6,19,21H,3-4H2. The summed E-state index contributed by atoms with van der Waals surface area (Å²) in [5.74, 6) is -1.56. The van der Waals surface area contributed by atoms with Crippen molar-refractivity contribution in [2.45, 2.75) is 6.18 Å². The van der Waals surface area contributed by atoms with Crippen LogP contribution in [-0.4, -0.2) is 35.0 Å². The molecule has 1 heterocycles. The molecule has 0 unspecified atom stereocenters. The molecule has 0 saturated heterocycles. The van der Waals surface area contributed by atoms with E-state index in [0.29, 0.717) is 11.0 Å². The number of anilines is 1. The summed E-state index contributed by atoms with van der Waals surface area (Å²) in [6.07, 6.45) is -3.89. The molecule has 0 spiro atoms. The Balaban J connectivity index is 2.35. The van der Waals surface area contributed by atoms with Gasteiger partial charge in [-0.25, -0.2) is 0 Å². The summed E-state index contributed by atoms with van der Waals surface area (Å²) in [6.45, 7) is -0.706. The van der Waals surface area contributed by atoms with E-state index in [2.05, 4.69) is 5.32 Å². The minimum absolute atomic E-state index is 0.187. The lowest BCUT2D eigenvalue weighted by molar-refractivity contribution is -0.138. The highest BCUT2D eigenvalue weighted by molar-refractivity contribution is 6.17. The number of nitrogens with zero attached hydrogens (tertiary/aromatic N) is 2. The first-order chi connectivity index (χ1) is 10.8. The molecule has 9 heteroatoms. The van der Waals surface area contributed by atoms with E-state index < -0.39 is 35.8 Å². The summed E-state index contributed by atoms with van der Waals surface area (Å²) in [7, 11) is 0. The Morgan fingerprint density at radius 2 is 2.00 bits per heavy atom. The maximum absolute atomic E-state index is 13.0. The van der Waals surface area contributed by atoms with Gasteiger partial charge in [0.05, 0.1) is 36.0 Å². The number of hydrogen-bond donors (Lipinski definition) is 2. The van der Waals surface area contributed by atoms with Crippen LogP contribution in [0.5, 0.6) is 0 Å². The van der Waals surface area contributed by atoms with E-state index in [9.17, 15) is 22.8 Å². The lowest BCUT2D eigenvalue weighted by Crippen LogP contribution is -2.34. The zero-order chi connectivity index (χ0) is 17.2. The molecule has 0 fully saturated rings. The molecule has 120 valence electrons. The molecule has 1 aromatic carbocycles. The Bertz CT molecular complexity index is 735. The highest BCUT2D eigenvalue weighted by Gasteiger charge is 2.36. The number of aliphatic hydroxyl groups is 1. The van der Waals surface area contributed by atoms with Gasteiger partial charge in [-0.3, -0.25) is 14.5 Å². The molecule has 2 rings (SSSR count). The van der Waals surface area contributed by atoms with Crippen molar-refractivity contribution < 1.29 is 27.9 Å². The van der Waals surface area contributed by atoms with Crippen LogP contribution in [0.1, 0.15) is 11.1 Å². The van der Waals surface area contributed by atoms with E-state index in [0.717, 1.165) is 18.2 Å². The van der Waals surface area contributed by atoms with Crippen LogP contribution in [-0.2, 0) is 15.8 Å². The third-order valence-corrected chi connectivity index (χ3v) is 3.06. The first kappa shape index (κ1) is 16.5. The number of carbonyl (C=O) groups excluding carboxylic acids is 2. The van der Waals surface area contributed by atoms with Crippen LogP contribution in [0.25, 0.3) is 0 Å². The van der Waals surface area contributed by atoms with Crippen molar-refractivity contribution in [1.29, 1.82) is 5.26 Å². The molecule has 0 aliphatic carbocycles. The van der Waals surface area contributed by atoms with Gasteiger partial charge in [-0.15, -0.1) is 0 Å². The fourth-order valence-electron chi connectivity index (χ4n) is 2.01. The highest BCUT2D eigenvalue weighted by Crippen LogP contribution is 2.36. The number of nitriles is 1. The van der Waals surface area contributed by atoms with E-state index in [1.54, 1.807) is 6.07 Å². The minimum Gasteiger partial charge on any atom is -0.395 e. The van der Waals surface area contributed by atoms with Crippen molar-refractivity contribution in [3.63, 3.8) is 0 Å². The number of aliphatic hydroxyl groups excluding tert-OH is 1. The number of halogens is 3. The molecule has 2 N–H and O–H groups in total. The van der Waals surface area contributed by atoms with Gasteiger partial charge in [0.25, 0.3) is 11.8 Å². The Labute approximate surface area is 128 Å². The molecule has 1 aliphatic rings. The van der Waals surface area contributed by atoms with Crippen molar-refractivity contribution in [3.8, 4) is 6.07 Å². The van der Waals surface area contributed by atoms with Crippen LogP contribution in [0.3, 0.4) is 0 Å². The second-order valence-corrected chi connectivity index (χ2v) is 4.57. The number of imide groups is 1. The molecule has 2 amide bonds. The fraction of sp³-hybridized carbons (Fsp3) is 0.214. The SMILES string of the molecule is N#Cc1ccc(NC2=CC(=O)N(CCO)C2=O)c(C(F)(F)F)c1. The summed E-state index contributed by atoms with van der Waals surface area (Å²) in [5.41, 5.74) is -2.10. The molecule has 23 heavy (non-hydrogen) atoms. The van der Waals surface area contributed by atoms with E-state index in [-0.39, 0.29) is 17.8 Å². The summed E-state index contributed by atoms with van der Waals surface area (Å²) < 4.78 is 39.1. The Kier molecular flexibility index (Phi) is 4.38. The Hall–Kier alpha value is -2.86. The smallest absolute Gasteiger partial charge is 0.395 e. The normalized spacial score (nSPS) is 14.7. The highest BCUT2D eigenvalue weighted by atomic mass is 19.4. The number of nitrogens with one attached hydrogen (secondary N) is 1. The summed E-state index contributed by atoms with van der Waals surface area (Å²) in [4.78, 5) is 24.2. The maximum atomic E-state index is 13.0. The largest absolute Gasteiger partial charge is 0.418 e. The number of hydrogen-bond acceptors (Lipinski definition) is 5. The van der Waals surface area contributed by atoms with Gasteiger partial charge in [0, 0.05) is 6.08 Å².